The molecule has 0 aromatic carbocycles. The Kier molecular flexibility index (Phi) is 5.38. The highest BCUT2D eigenvalue weighted by Crippen LogP contribution is 2.24. The maximum atomic E-state index is 12.4. The number of rotatable bonds is 4. The molecule has 5 nitrogen and oxygen atoms in total. The molecule has 108 valence electrons. The van der Waals surface area contributed by atoms with Gasteiger partial charge in [0.2, 0.25) is 5.91 Å². The van der Waals surface area contributed by atoms with E-state index < -0.39 is 0 Å². The van der Waals surface area contributed by atoms with Crippen LogP contribution in [-0.4, -0.2) is 27.8 Å². The Balaban J connectivity index is 0.00000180. The molecule has 1 saturated heterocycles. The first-order chi connectivity index (χ1) is 8.57. The molecule has 2 heterocycles. The van der Waals surface area contributed by atoms with Gasteiger partial charge in [-0.3, -0.25) is 9.48 Å². The van der Waals surface area contributed by atoms with Gasteiger partial charge in [-0.05, 0) is 32.7 Å². The summed E-state index contributed by atoms with van der Waals surface area (Å²) >= 11 is 0. The summed E-state index contributed by atoms with van der Waals surface area (Å²) in [6, 6.07) is -0.00275. The Hall–Kier alpha value is -1.07. The first-order valence-corrected chi connectivity index (χ1v) is 6.62. The fraction of sp³-hybridized carbons (Fsp3) is 0.692. The van der Waals surface area contributed by atoms with Crippen LogP contribution in [0.2, 0.25) is 0 Å². The lowest BCUT2D eigenvalue weighted by Crippen LogP contribution is -2.53. The number of carbonyl (C=O) groups is 1. The van der Waals surface area contributed by atoms with Crippen LogP contribution >= 0.6 is 12.4 Å². The van der Waals surface area contributed by atoms with E-state index in [0.717, 1.165) is 31.4 Å². The Morgan fingerprint density at radius 3 is 2.89 bits per heavy atom. The second-order valence-corrected chi connectivity index (χ2v) is 5.11. The molecule has 1 amide bonds. The smallest absolute Gasteiger partial charge is 0.240 e. The van der Waals surface area contributed by atoms with Crippen molar-refractivity contribution < 1.29 is 4.79 Å². The van der Waals surface area contributed by atoms with Gasteiger partial charge in [0, 0.05) is 18.8 Å². The average molecular weight is 287 g/mol. The quantitative estimate of drug-likeness (QED) is 0.883. The van der Waals surface area contributed by atoms with Crippen LogP contribution in [0.25, 0.3) is 0 Å². The van der Waals surface area contributed by atoms with E-state index in [9.17, 15) is 4.79 Å². The minimum absolute atomic E-state index is 0. The molecular formula is C13H23ClN4O. The average Bonchev–Trinajstić information content (AvgIpc) is 2.97. The largest absolute Gasteiger partial charge is 0.348 e. The first-order valence-electron chi connectivity index (χ1n) is 6.62. The molecule has 1 aliphatic rings. The SMILES string of the molecule is CCC1(C(=O)NC(C)c2cnn(C)c2)CCCN1.Cl. The van der Waals surface area contributed by atoms with Crippen LogP contribution in [-0.2, 0) is 11.8 Å². The zero-order chi connectivity index (χ0) is 13.2. The van der Waals surface area contributed by atoms with E-state index in [0.29, 0.717) is 0 Å². The summed E-state index contributed by atoms with van der Waals surface area (Å²) < 4.78 is 1.75. The van der Waals surface area contributed by atoms with Crippen LogP contribution in [0.3, 0.4) is 0 Å². The lowest BCUT2D eigenvalue weighted by atomic mass is 9.92. The lowest BCUT2D eigenvalue weighted by Gasteiger charge is -2.28. The van der Waals surface area contributed by atoms with E-state index in [-0.39, 0.29) is 29.9 Å². The molecule has 1 aromatic rings. The number of nitrogens with zero attached hydrogens (tertiary/aromatic N) is 2. The van der Waals surface area contributed by atoms with Crippen molar-refractivity contribution in [2.24, 2.45) is 7.05 Å². The number of halogens is 1. The van der Waals surface area contributed by atoms with Crippen molar-refractivity contribution in [2.75, 3.05) is 6.54 Å². The van der Waals surface area contributed by atoms with Crippen molar-refractivity contribution in [3.8, 4) is 0 Å². The highest BCUT2D eigenvalue weighted by molar-refractivity contribution is 5.87. The fourth-order valence-electron chi connectivity index (χ4n) is 2.54. The topological polar surface area (TPSA) is 59.0 Å². The third-order valence-corrected chi connectivity index (χ3v) is 3.85. The Morgan fingerprint density at radius 1 is 1.68 bits per heavy atom. The van der Waals surface area contributed by atoms with Gasteiger partial charge in [-0.25, -0.2) is 0 Å². The minimum atomic E-state index is -0.365. The van der Waals surface area contributed by atoms with Crippen molar-refractivity contribution >= 4 is 18.3 Å². The Morgan fingerprint density at radius 2 is 2.42 bits per heavy atom. The van der Waals surface area contributed by atoms with E-state index >= 15 is 0 Å². The van der Waals surface area contributed by atoms with Gasteiger partial charge in [-0.1, -0.05) is 6.92 Å². The van der Waals surface area contributed by atoms with E-state index in [2.05, 4.69) is 22.7 Å². The zero-order valence-corrected chi connectivity index (χ0v) is 12.6. The summed E-state index contributed by atoms with van der Waals surface area (Å²) in [7, 11) is 1.88. The van der Waals surface area contributed by atoms with Gasteiger partial charge < -0.3 is 10.6 Å². The standard InChI is InChI=1S/C13H22N4O.ClH/c1-4-13(6-5-7-14-13)12(18)16-10(2)11-8-15-17(3)9-11;/h8-10,14H,4-7H2,1-3H3,(H,16,18);1H. The third-order valence-electron chi connectivity index (χ3n) is 3.85. The van der Waals surface area contributed by atoms with Crippen molar-refractivity contribution in [2.45, 2.75) is 44.7 Å². The predicted molar refractivity (Wildman–Crippen MR) is 77.3 cm³/mol. The number of aryl methyl sites for hydroxylation is 1. The molecular weight excluding hydrogens is 264 g/mol. The molecule has 1 fully saturated rings. The number of hydrogen-bond acceptors (Lipinski definition) is 3. The monoisotopic (exact) mass is 286 g/mol. The summed E-state index contributed by atoms with van der Waals surface area (Å²) in [6.07, 6.45) is 6.56. The minimum Gasteiger partial charge on any atom is -0.348 e. The van der Waals surface area contributed by atoms with Gasteiger partial charge in [-0.15, -0.1) is 12.4 Å². The van der Waals surface area contributed by atoms with Crippen molar-refractivity contribution in [1.29, 1.82) is 0 Å². The zero-order valence-electron chi connectivity index (χ0n) is 11.8. The van der Waals surface area contributed by atoms with Crippen LogP contribution in [0.4, 0.5) is 0 Å². The number of aromatic nitrogens is 2. The summed E-state index contributed by atoms with van der Waals surface area (Å²) in [5.41, 5.74) is 0.673. The molecule has 0 aliphatic carbocycles. The third kappa shape index (κ3) is 3.28. The van der Waals surface area contributed by atoms with Crippen LogP contribution in [0.15, 0.2) is 12.4 Å². The maximum absolute atomic E-state index is 12.4. The Labute approximate surface area is 120 Å². The van der Waals surface area contributed by atoms with E-state index in [4.69, 9.17) is 0 Å². The molecule has 1 aliphatic heterocycles. The van der Waals surface area contributed by atoms with Crippen molar-refractivity contribution in [3.05, 3.63) is 18.0 Å². The van der Waals surface area contributed by atoms with E-state index in [1.807, 2.05) is 20.2 Å². The lowest BCUT2D eigenvalue weighted by molar-refractivity contribution is -0.128. The molecule has 0 spiro atoms. The molecule has 2 rings (SSSR count). The van der Waals surface area contributed by atoms with Gasteiger partial charge >= 0.3 is 0 Å². The normalized spacial score (nSPS) is 23.7. The van der Waals surface area contributed by atoms with Gasteiger partial charge in [0.25, 0.3) is 0 Å². The second kappa shape index (κ2) is 6.39. The predicted octanol–water partition coefficient (Wildman–Crippen LogP) is 1.55. The number of amides is 1. The van der Waals surface area contributed by atoms with Crippen LogP contribution < -0.4 is 10.6 Å². The summed E-state index contributed by atoms with van der Waals surface area (Å²) in [4.78, 5) is 12.4. The van der Waals surface area contributed by atoms with Gasteiger partial charge in [0.05, 0.1) is 17.8 Å². The van der Waals surface area contributed by atoms with Crippen LogP contribution in [0.5, 0.6) is 0 Å². The highest BCUT2D eigenvalue weighted by atomic mass is 35.5. The molecule has 2 N–H and O–H groups in total. The molecule has 2 unspecified atom stereocenters. The summed E-state index contributed by atoms with van der Waals surface area (Å²) in [6.45, 7) is 4.99. The van der Waals surface area contributed by atoms with Crippen molar-refractivity contribution in [3.63, 3.8) is 0 Å². The molecule has 19 heavy (non-hydrogen) atoms. The molecule has 0 bridgehead atoms. The Bertz CT molecular complexity index is 426. The van der Waals surface area contributed by atoms with Crippen LogP contribution in [0, 0.1) is 0 Å². The van der Waals surface area contributed by atoms with Crippen molar-refractivity contribution in [1.82, 2.24) is 20.4 Å². The van der Waals surface area contributed by atoms with Gasteiger partial charge in [0.15, 0.2) is 0 Å². The number of hydrogen-bond donors (Lipinski definition) is 2. The summed E-state index contributed by atoms with van der Waals surface area (Å²) in [5.74, 6) is 0.110. The maximum Gasteiger partial charge on any atom is 0.240 e. The molecule has 0 radical (unpaired) electrons. The number of carbonyl (C=O) groups excluding carboxylic acids is 1. The molecule has 6 heteroatoms. The molecule has 0 saturated carbocycles. The molecule has 2 atom stereocenters. The van der Waals surface area contributed by atoms with E-state index in [1.54, 1.807) is 10.9 Å². The fourth-order valence-corrected chi connectivity index (χ4v) is 2.54. The van der Waals surface area contributed by atoms with Crippen LogP contribution in [0.1, 0.15) is 44.7 Å². The first kappa shape index (κ1) is 16.0. The highest BCUT2D eigenvalue weighted by Gasteiger charge is 2.39. The second-order valence-electron chi connectivity index (χ2n) is 5.11. The number of nitrogens with one attached hydrogen (secondary N) is 2. The summed E-state index contributed by atoms with van der Waals surface area (Å²) in [5, 5.41) is 10.6. The van der Waals surface area contributed by atoms with Gasteiger partial charge in [0.1, 0.15) is 0 Å². The van der Waals surface area contributed by atoms with E-state index in [1.165, 1.54) is 0 Å². The molecule has 1 aromatic heterocycles. The van der Waals surface area contributed by atoms with Gasteiger partial charge in [-0.2, -0.15) is 5.10 Å².